The van der Waals surface area contributed by atoms with Gasteiger partial charge in [0.15, 0.2) is 0 Å². The summed E-state index contributed by atoms with van der Waals surface area (Å²) in [6.45, 7) is 3.59. The van der Waals surface area contributed by atoms with Crippen LogP contribution in [-0.2, 0) is 10.0 Å². The molecule has 0 saturated heterocycles. The molecule has 1 saturated carbocycles. The van der Waals surface area contributed by atoms with Gasteiger partial charge in [0.25, 0.3) is 15.9 Å². The second kappa shape index (κ2) is 6.49. The first-order valence-corrected chi connectivity index (χ1v) is 10.6. The highest BCUT2D eigenvalue weighted by Gasteiger charge is 2.24. The molecule has 4 rings (SSSR count). The number of carbonyl (C=O) groups is 1. The van der Waals surface area contributed by atoms with Gasteiger partial charge in [0.2, 0.25) is 0 Å². The van der Waals surface area contributed by atoms with E-state index in [9.17, 15) is 13.2 Å². The molecule has 1 N–H and O–H groups in total. The van der Waals surface area contributed by atoms with Crippen molar-refractivity contribution in [2.75, 3.05) is 5.75 Å². The fourth-order valence-corrected chi connectivity index (χ4v) is 3.99. The van der Waals surface area contributed by atoms with Crippen molar-refractivity contribution in [2.45, 2.75) is 32.7 Å². The van der Waals surface area contributed by atoms with Crippen molar-refractivity contribution in [1.29, 1.82) is 0 Å². The van der Waals surface area contributed by atoms with E-state index in [0.29, 0.717) is 17.1 Å². The van der Waals surface area contributed by atoms with Crippen LogP contribution in [0.15, 0.2) is 42.6 Å². The largest absolute Gasteiger partial charge is 0.349 e. The molecule has 140 valence electrons. The van der Waals surface area contributed by atoms with E-state index in [1.807, 2.05) is 37.3 Å². The van der Waals surface area contributed by atoms with E-state index in [1.165, 1.54) is 0 Å². The number of amides is 1. The fourth-order valence-electron chi connectivity index (χ4n) is 3.09. The summed E-state index contributed by atoms with van der Waals surface area (Å²) < 4.78 is 25.4. The van der Waals surface area contributed by atoms with E-state index < -0.39 is 10.0 Å². The Morgan fingerprint density at radius 3 is 2.70 bits per heavy atom. The van der Waals surface area contributed by atoms with Crippen LogP contribution in [0.1, 0.15) is 35.7 Å². The normalized spacial score (nSPS) is 14.4. The Morgan fingerprint density at radius 2 is 2.00 bits per heavy atom. The monoisotopic (exact) mass is 383 g/mol. The number of rotatable bonds is 5. The van der Waals surface area contributed by atoms with Gasteiger partial charge in [-0.2, -0.15) is 9.19 Å². The summed E-state index contributed by atoms with van der Waals surface area (Å²) in [6, 6.07) is 11.5. The zero-order valence-corrected chi connectivity index (χ0v) is 16.1. The van der Waals surface area contributed by atoms with Gasteiger partial charge < -0.3 is 5.32 Å². The summed E-state index contributed by atoms with van der Waals surface area (Å²) in [5, 5.41) is 7.80. The van der Waals surface area contributed by atoms with Gasteiger partial charge in [0, 0.05) is 17.0 Å². The third-order valence-corrected chi connectivity index (χ3v) is 6.43. The molecule has 0 unspecified atom stereocenters. The molecule has 0 radical (unpaired) electrons. The number of benzene rings is 2. The third kappa shape index (κ3) is 3.35. The molecule has 0 atom stereocenters. The Balaban J connectivity index is 1.74. The minimum absolute atomic E-state index is 0.0111. The maximum Gasteiger partial charge on any atom is 0.254 e. The van der Waals surface area contributed by atoms with Gasteiger partial charge in [-0.1, -0.05) is 12.1 Å². The van der Waals surface area contributed by atoms with Crippen LogP contribution in [0.4, 0.5) is 0 Å². The number of carbonyl (C=O) groups excluding carboxylic acids is 1. The molecule has 1 aromatic heterocycles. The van der Waals surface area contributed by atoms with Crippen LogP contribution in [0.3, 0.4) is 0 Å². The first kappa shape index (κ1) is 17.7. The quantitative estimate of drug-likeness (QED) is 0.734. The van der Waals surface area contributed by atoms with Crippen molar-refractivity contribution in [1.82, 2.24) is 14.5 Å². The number of nitrogens with zero attached hydrogens (tertiary/aromatic N) is 2. The lowest BCUT2D eigenvalue weighted by atomic mass is 9.97. The predicted octanol–water partition coefficient (Wildman–Crippen LogP) is 3.10. The van der Waals surface area contributed by atoms with E-state index >= 15 is 0 Å². The summed E-state index contributed by atoms with van der Waals surface area (Å²) in [6.07, 6.45) is 3.66. The van der Waals surface area contributed by atoms with Gasteiger partial charge in [-0.3, -0.25) is 4.79 Å². The molecule has 7 heteroatoms. The lowest BCUT2D eigenvalue weighted by Crippen LogP contribution is -2.25. The third-order valence-electron chi connectivity index (χ3n) is 4.89. The number of hydrogen-bond donors (Lipinski definition) is 1. The molecule has 1 amide bonds. The Labute approximate surface area is 158 Å². The van der Waals surface area contributed by atoms with E-state index in [0.717, 1.165) is 39.0 Å². The van der Waals surface area contributed by atoms with E-state index in [4.69, 9.17) is 0 Å². The number of fused-ring (bicyclic) bond motifs is 1. The topological polar surface area (TPSA) is 81.1 Å². The van der Waals surface area contributed by atoms with Gasteiger partial charge in [0.05, 0.1) is 17.5 Å². The lowest BCUT2D eigenvalue weighted by Gasteiger charge is -2.10. The second-order valence-electron chi connectivity index (χ2n) is 6.94. The van der Waals surface area contributed by atoms with Crippen LogP contribution in [0.5, 0.6) is 0 Å². The molecule has 1 fully saturated rings. The predicted molar refractivity (Wildman–Crippen MR) is 105 cm³/mol. The highest BCUT2D eigenvalue weighted by Crippen LogP contribution is 2.29. The summed E-state index contributed by atoms with van der Waals surface area (Å²) >= 11 is 0. The molecule has 2 aromatic carbocycles. The Morgan fingerprint density at radius 1 is 1.22 bits per heavy atom. The Hall–Kier alpha value is -2.67. The van der Waals surface area contributed by atoms with Crippen LogP contribution in [0.25, 0.3) is 22.0 Å². The van der Waals surface area contributed by atoms with Crippen LogP contribution < -0.4 is 5.32 Å². The van der Waals surface area contributed by atoms with Gasteiger partial charge in [-0.05, 0) is 67.6 Å². The zero-order chi connectivity index (χ0) is 19.2. The SMILES string of the molecule is CCS(=O)(=O)n1ncc2cc(-c3cc(C(=O)NC4CC4)ccc3C)ccc21. The van der Waals surface area contributed by atoms with Crippen LogP contribution in [-0.4, -0.2) is 35.3 Å². The standard InChI is InChI=1S/C20H21N3O3S/c1-3-27(25,26)23-19-9-6-14(10-16(19)12-21-23)18-11-15(5-4-13(18)2)20(24)22-17-7-8-17/h4-6,9-12,17H,3,7-8H2,1-2H3,(H,22,24). The summed E-state index contributed by atoms with van der Waals surface area (Å²) in [7, 11) is -3.44. The number of aromatic nitrogens is 2. The van der Waals surface area contributed by atoms with Crippen molar-refractivity contribution in [2.24, 2.45) is 0 Å². The van der Waals surface area contributed by atoms with E-state index in [2.05, 4.69) is 10.4 Å². The molecule has 0 aliphatic heterocycles. The Bertz CT molecular complexity index is 1140. The smallest absolute Gasteiger partial charge is 0.254 e. The molecule has 1 heterocycles. The number of aryl methyl sites for hydroxylation is 1. The zero-order valence-electron chi connectivity index (χ0n) is 15.3. The molecule has 3 aromatic rings. The maximum atomic E-state index is 12.4. The Kier molecular flexibility index (Phi) is 4.26. The fraction of sp³-hybridized carbons (Fsp3) is 0.300. The minimum atomic E-state index is -3.44. The highest BCUT2D eigenvalue weighted by atomic mass is 32.2. The molecule has 1 aliphatic carbocycles. The number of nitrogens with one attached hydrogen (secondary N) is 1. The number of hydrogen-bond acceptors (Lipinski definition) is 4. The van der Waals surface area contributed by atoms with Gasteiger partial charge in [0.1, 0.15) is 0 Å². The van der Waals surface area contributed by atoms with Crippen molar-refractivity contribution in [3.63, 3.8) is 0 Å². The van der Waals surface area contributed by atoms with E-state index in [-0.39, 0.29) is 11.7 Å². The summed E-state index contributed by atoms with van der Waals surface area (Å²) in [5.74, 6) is -0.0651. The average molecular weight is 383 g/mol. The lowest BCUT2D eigenvalue weighted by molar-refractivity contribution is 0.0951. The molecule has 27 heavy (non-hydrogen) atoms. The molecule has 0 spiro atoms. The van der Waals surface area contributed by atoms with Crippen LogP contribution in [0.2, 0.25) is 0 Å². The minimum Gasteiger partial charge on any atom is -0.349 e. The molecule has 0 bridgehead atoms. The van der Waals surface area contributed by atoms with Crippen molar-refractivity contribution < 1.29 is 13.2 Å². The van der Waals surface area contributed by atoms with Gasteiger partial charge in [-0.25, -0.2) is 8.42 Å². The van der Waals surface area contributed by atoms with E-state index in [1.54, 1.807) is 19.2 Å². The average Bonchev–Trinajstić information content (AvgIpc) is 3.36. The van der Waals surface area contributed by atoms with Gasteiger partial charge in [-0.15, -0.1) is 0 Å². The van der Waals surface area contributed by atoms with Gasteiger partial charge >= 0.3 is 0 Å². The molecular weight excluding hydrogens is 362 g/mol. The van der Waals surface area contributed by atoms with Crippen LogP contribution in [0, 0.1) is 6.92 Å². The summed E-state index contributed by atoms with van der Waals surface area (Å²) in [4.78, 5) is 12.4. The first-order chi connectivity index (χ1) is 12.9. The highest BCUT2D eigenvalue weighted by molar-refractivity contribution is 7.89. The second-order valence-corrected chi connectivity index (χ2v) is 9.03. The molecular formula is C20H21N3O3S. The van der Waals surface area contributed by atoms with Crippen LogP contribution >= 0.6 is 0 Å². The van der Waals surface area contributed by atoms with Crippen molar-refractivity contribution in [3.05, 3.63) is 53.7 Å². The first-order valence-electron chi connectivity index (χ1n) is 9.02. The van der Waals surface area contributed by atoms with Crippen molar-refractivity contribution in [3.8, 4) is 11.1 Å². The summed E-state index contributed by atoms with van der Waals surface area (Å²) in [5.41, 5.74) is 4.11. The van der Waals surface area contributed by atoms with Crippen molar-refractivity contribution >= 4 is 26.8 Å². The molecule has 1 aliphatic rings. The molecule has 6 nitrogen and oxygen atoms in total. The maximum absolute atomic E-state index is 12.4.